The number of carbonyl (C=O) groups excluding carboxylic acids is 1. The Hall–Kier alpha value is -0.570. The van der Waals surface area contributed by atoms with Crippen LogP contribution < -0.4 is 10.6 Å². The highest BCUT2D eigenvalue weighted by Crippen LogP contribution is 2.26. The SMILES string of the molecule is CC1(CNC(=O)C2CCCCCCC2)CCCNC1. The minimum absolute atomic E-state index is 0.259. The number of piperidine rings is 1. The van der Waals surface area contributed by atoms with Crippen molar-refractivity contribution in [3.05, 3.63) is 0 Å². The Kier molecular flexibility index (Phi) is 5.68. The number of amides is 1. The van der Waals surface area contributed by atoms with Crippen molar-refractivity contribution in [3.8, 4) is 0 Å². The summed E-state index contributed by atoms with van der Waals surface area (Å²) in [7, 11) is 0. The van der Waals surface area contributed by atoms with Crippen LogP contribution in [-0.2, 0) is 4.79 Å². The molecule has 0 aromatic rings. The van der Waals surface area contributed by atoms with Gasteiger partial charge in [-0.2, -0.15) is 0 Å². The first-order valence-electron chi connectivity index (χ1n) is 8.18. The van der Waals surface area contributed by atoms with Gasteiger partial charge in [-0.1, -0.05) is 39.0 Å². The summed E-state index contributed by atoms with van der Waals surface area (Å²) in [6.07, 6.45) is 11.1. The summed E-state index contributed by atoms with van der Waals surface area (Å²) in [6.45, 7) is 5.30. The smallest absolute Gasteiger partial charge is 0.223 e. The molecule has 1 amide bonds. The van der Waals surface area contributed by atoms with Crippen molar-refractivity contribution in [2.24, 2.45) is 11.3 Å². The number of nitrogens with one attached hydrogen (secondary N) is 2. The average Bonchev–Trinajstić information content (AvgIpc) is 2.37. The third kappa shape index (κ3) is 4.79. The van der Waals surface area contributed by atoms with Crippen molar-refractivity contribution in [1.82, 2.24) is 10.6 Å². The predicted octanol–water partition coefficient (Wildman–Crippen LogP) is 2.85. The predicted molar refractivity (Wildman–Crippen MR) is 79.0 cm³/mol. The highest BCUT2D eigenvalue weighted by atomic mass is 16.1. The molecule has 0 aromatic carbocycles. The molecule has 3 nitrogen and oxygen atoms in total. The molecule has 0 aromatic heterocycles. The third-order valence-corrected chi connectivity index (χ3v) is 4.85. The molecule has 3 heteroatoms. The van der Waals surface area contributed by atoms with Crippen LogP contribution in [0.1, 0.15) is 64.7 Å². The summed E-state index contributed by atoms with van der Waals surface area (Å²) in [5, 5.41) is 6.68. The van der Waals surface area contributed by atoms with Crippen molar-refractivity contribution < 1.29 is 4.79 Å². The van der Waals surface area contributed by atoms with Crippen LogP contribution in [-0.4, -0.2) is 25.5 Å². The van der Waals surface area contributed by atoms with Gasteiger partial charge in [0, 0.05) is 19.0 Å². The average molecular weight is 266 g/mol. The maximum absolute atomic E-state index is 12.3. The van der Waals surface area contributed by atoms with Crippen molar-refractivity contribution >= 4 is 5.91 Å². The highest BCUT2D eigenvalue weighted by molar-refractivity contribution is 5.78. The van der Waals surface area contributed by atoms with Gasteiger partial charge in [-0.15, -0.1) is 0 Å². The van der Waals surface area contributed by atoms with Gasteiger partial charge < -0.3 is 10.6 Å². The van der Waals surface area contributed by atoms with Crippen LogP contribution >= 0.6 is 0 Å². The molecule has 2 aliphatic rings. The largest absolute Gasteiger partial charge is 0.355 e. The molecule has 2 N–H and O–H groups in total. The maximum atomic E-state index is 12.3. The molecule has 1 aliphatic carbocycles. The number of carbonyl (C=O) groups is 1. The summed E-state index contributed by atoms with van der Waals surface area (Å²) < 4.78 is 0. The van der Waals surface area contributed by atoms with Crippen LogP contribution in [0, 0.1) is 11.3 Å². The fourth-order valence-electron chi connectivity index (χ4n) is 3.43. The van der Waals surface area contributed by atoms with E-state index in [0.717, 1.165) is 32.5 Å². The zero-order valence-corrected chi connectivity index (χ0v) is 12.5. The van der Waals surface area contributed by atoms with E-state index in [0.29, 0.717) is 5.91 Å². The summed E-state index contributed by atoms with van der Waals surface area (Å²) in [5.74, 6) is 0.592. The summed E-state index contributed by atoms with van der Waals surface area (Å²) in [5.41, 5.74) is 0.259. The van der Waals surface area contributed by atoms with Crippen LogP contribution in [0.15, 0.2) is 0 Å². The first-order chi connectivity index (χ1) is 9.20. The van der Waals surface area contributed by atoms with E-state index in [1.54, 1.807) is 0 Å². The van der Waals surface area contributed by atoms with E-state index in [4.69, 9.17) is 0 Å². The van der Waals surface area contributed by atoms with Crippen molar-refractivity contribution in [2.75, 3.05) is 19.6 Å². The lowest BCUT2D eigenvalue weighted by Crippen LogP contribution is -2.46. The summed E-state index contributed by atoms with van der Waals surface area (Å²) in [4.78, 5) is 12.3. The van der Waals surface area contributed by atoms with Gasteiger partial charge >= 0.3 is 0 Å². The normalized spacial score (nSPS) is 30.4. The molecule has 1 saturated carbocycles. The number of hydrogen-bond donors (Lipinski definition) is 2. The molecule has 2 fully saturated rings. The molecule has 110 valence electrons. The Morgan fingerprint density at radius 2 is 1.84 bits per heavy atom. The second-order valence-corrected chi connectivity index (χ2v) is 6.85. The monoisotopic (exact) mass is 266 g/mol. The number of hydrogen-bond acceptors (Lipinski definition) is 2. The molecule has 1 aliphatic heterocycles. The van der Waals surface area contributed by atoms with Gasteiger partial charge in [0.2, 0.25) is 5.91 Å². The maximum Gasteiger partial charge on any atom is 0.223 e. The Bertz CT molecular complexity index is 276. The van der Waals surface area contributed by atoms with Gasteiger partial charge in [0.05, 0.1) is 0 Å². The fourth-order valence-corrected chi connectivity index (χ4v) is 3.43. The third-order valence-electron chi connectivity index (χ3n) is 4.85. The molecular formula is C16H30N2O. The topological polar surface area (TPSA) is 41.1 Å². The molecule has 1 atom stereocenters. The Morgan fingerprint density at radius 1 is 1.16 bits per heavy atom. The minimum atomic E-state index is 0.259. The molecule has 1 unspecified atom stereocenters. The second kappa shape index (κ2) is 7.28. The molecule has 0 bridgehead atoms. The quantitative estimate of drug-likeness (QED) is 0.824. The van der Waals surface area contributed by atoms with E-state index in [9.17, 15) is 4.79 Å². The van der Waals surface area contributed by atoms with Crippen LogP contribution in [0.2, 0.25) is 0 Å². The van der Waals surface area contributed by atoms with Gasteiger partial charge in [0.1, 0.15) is 0 Å². The molecule has 0 radical (unpaired) electrons. The van der Waals surface area contributed by atoms with Crippen molar-refractivity contribution in [2.45, 2.75) is 64.7 Å². The Labute approximate surface area is 117 Å². The molecule has 0 spiro atoms. The zero-order valence-electron chi connectivity index (χ0n) is 12.5. The lowest BCUT2D eigenvalue weighted by atomic mass is 9.82. The summed E-state index contributed by atoms with van der Waals surface area (Å²) in [6, 6.07) is 0. The Morgan fingerprint density at radius 3 is 2.47 bits per heavy atom. The number of rotatable bonds is 3. The highest BCUT2D eigenvalue weighted by Gasteiger charge is 2.28. The molecule has 1 saturated heterocycles. The molecule has 1 heterocycles. The van der Waals surface area contributed by atoms with Gasteiger partial charge in [-0.25, -0.2) is 0 Å². The van der Waals surface area contributed by atoms with Crippen LogP contribution in [0.5, 0.6) is 0 Å². The van der Waals surface area contributed by atoms with E-state index < -0.39 is 0 Å². The fraction of sp³-hybridized carbons (Fsp3) is 0.938. The van der Waals surface area contributed by atoms with Gasteiger partial charge in [0.15, 0.2) is 0 Å². The minimum Gasteiger partial charge on any atom is -0.355 e. The van der Waals surface area contributed by atoms with Gasteiger partial charge in [-0.3, -0.25) is 4.79 Å². The van der Waals surface area contributed by atoms with E-state index in [2.05, 4.69) is 17.6 Å². The van der Waals surface area contributed by atoms with E-state index >= 15 is 0 Å². The summed E-state index contributed by atoms with van der Waals surface area (Å²) >= 11 is 0. The lowest BCUT2D eigenvalue weighted by Gasteiger charge is -2.34. The van der Waals surface area contributed by atoms with Crippen LogP contribution in [0.25, 0.3) is 0 Å². The molecule has 2 rings (SSSR count). The van der Waals surface area contributed by atoms with Crippen LogP contribution in [0.4, 0.5) is 0 Å². The first kappa shape index (κ1) is 14.8. The van der Waals surface area contributed by atoms with E-state index in [1.807, 2.05) is 0 Å². The molecular weight excluding hydrogens is 236 g/mol. The Balaban J connectivity index is 1.75. The van der Waals surface area contributed by atoms with Crippen molar-refractivity contribution in [3.63, 3.8) is 0 Å². The van der Waals surface area contributed by atoms with E-state index in [-0.39, 0.29) is 11.3 Å². The van der Waals surface area contributed by atoms with Gasteiger partial charge in [-0.05, 0) is 37.6 Å². The van der Waals surface area contributed by atoms with Crippen molar-refractivity contribution in [1.29, 1.82) is 0 Å². The first-order valence-corrected chi connectivity index (χ1v) is 8.18. The lowest BCUT2D eigenvalue weighted by molar-refractivity contribution is -0.126. The van der Waals surface area contributed by atoms with Crippen LogP contribution in [0.3, 0.4) is 0 Å². The standard InChI is InChI=1S/C16H30N2O/c1-16(10-7-11-17-12-16)13-18-15(19)14-8-5-3-2-4-6-9-14/h14,17H,2-13H2,1H3,(H,18,19). The van der Waals surface area contributed by atoms with Gasteiger partial charge in [0.25, 0.3) is 0 Å². The second-order valence-electron chi connectivity index (χ2n) is 6.85. The zero-order chi connectivity index (χ0) is 13.6. The van der Waals surface area contributed by atoms with E-state index in [1.165, 1.54) is 44.9 Å². The molecule has 19 heavy (non-hydrogen) atoms.